The van der Waals surface area contributed by atoms with Gasteiger partial charge in [-0.1, -0.05) is 27.7 Å². The molecule has 2 aliphatic heterocycles. The molecule has 0 aliphatic carbocycles. The zero-order chi connectivity index (χ0) is 15.2. The van der Waals surface area contributed by atoms with Crippen molar-refractivity contribution in [2.75, 3.05) is 19.6 Å². The molecule has 0 saturated carbocycles. The van der Waals surface area contributed by atoms with Crippen molar-refractivity contribution < 1.29 is 0 Å². The Labute approximate surface area is 133 Å². The first-order chi connectivity index (χ1) is 10.0. The van der Waals surface area contributed by atoms with E-state index in [-0.39, 0.29) is 0 Å². The molecule has 2 aliphatic rings. The predicted molar refractivity (Wildman–Crippen MR) is 92.6 cm³/mol. The Morgan fingerprint density at radius 2 is 1.38 bits per heavy atom. The van der Waals surface area contributed by atoms with Crippen LogP contribution in [0.1, 0.15) is 72.6 Å². The molecule has 0 spiro atoms. The maximum atomic E-state index is 3.77. The Balaban J connectivity index is 1.71. The van der Waals surface area contributed by atoms with Crippen molar-refractivity contribution in [3.05, 3.63) is 0 Å². The molecule has 2 unspecified atom stereocenters. The molecule has 0 amide bonds. The molecule has 2 bridgehead atoms. The summed E-state index contributed by atoms with van der Waals surface area (Å²) in [6, 6.07) is 1.71. The molecule has 1 N–H and O–H groups in total. The second-order valence-electron chi connectivity index (χ2n) is 8.47. The molecule has 0 aromatic rings. The highest BCUT2D eigenvalue weighted by Gasteiger charge is 2.33. The van der Waals surface area contributed by atoms with E-state index in [2.05, 4.69) is 37.9 Å². The summed E-state index contributed by atoms with van der Waals surface area (Å²) < 4.78 is 0. The third-order valence-corrected chi connectivity index (χ3v) is 5.47. The van der Waals surface area contributed by atoms with Crippen molar-refractivity contribution >= 4 is 0 Å². The molecule has 2 nitrogen and oxygen atoms in total. The van der Waals surface area contributed by atoms with Crippen LogP contribution in [0.2, 0.25) is 0 Å². The summed E-state index contributed by atoms with van der Waals surface area (Å²) in [6.45, 7) is 13.4. The van der Waals surface area contributed by atoms with Crippen molar-refractivity contribution in [2.24, 2.45) is 17.8 Å². The van der Waals surface area contributed by atoms with E-state index in [0.717, 1.165) is 29.8 Å². The van der Waals surface area contributed by atoms with Gasteiger partial charge in [0.1, 0.15) is 0 Å². The lowest BCUT2D eigenvalue weighted by atomic mass is 9.89. The van der Waals surface area contributed by atoms with Crippen molar-refractivity contribution in [3.8, 4) is 0 Å². The molecule has 2 rings (SSSR count). The summed E-state index contributed by atoms with van der Waals surface area (Å²) in [4.78, 5) is 2.75. The third-order valence-electron chi connectivity index (χ3n) is 5.47. The van der Waals surface area contributed by atoms with Crippen LogP contribution in [0, 0.1) is 17.8 Å². The highest BCUT2D eigenvalue weighted by atomic mass is 15.1. The molecule has 2 fully saturated rings. The van der Waals surface area contributed by atoms with E-state index in [1.807, 2.05) is 0 Å². The first-order valence-electron chi connectivity index (χ1n) is 9.51. The SMILES string of the molecule is CC(C)CCN(CCC(C)C)CCC1CC2CCC(C1)N2. The van der Waals surface area contributed by atoms with E-state index >= 15 is 0 Å². The summed E-state index contributed by atoms with van der Waals surface area (Å²) in [5.41, 5.74) is 0. The summed E-state index contributed by atoms with van der Waals surface area (Å²) in [6.07, 6.45) is 9.91. The minimum Gasteiger partial charge on any atom is -0.311 e. The lowest BCUT2D eigenvalue weighted by Gasteiger charge is -2.31. The van der Waals surface area contributed by atoms with Crippen molar-refractivity contribution in [1.82, 2.24) is 10.2 Å². The average Bonchev–Trinajstić information content (AvgIpc) is 2.76. The molecule has 0 aromatic heterocycles. The number of nitrogens with zero attached hydrogens (tertiary/aromatic N) is 1. The van der Waals surface area contributed by atoms with Gasteiger partial charge < -0.3 is 10.2 Å². The zero-order valence-electron chi connectivity index (χ0n) is 14.9. The van der Waals surface area contributed by atoms with Crippen molar-refractivity contribution in [3.63, 3.8) is 0 Å². The number of hydrogen-bond donors (Lipinski definition) is 1. The van der Waals surface area contributed by atoms with E-state index in [4.69, 9.17) is 0 Å². The van der Waals surface area contributed by atoms with Crippen LogP contribution in [0.25, 0.3) is 0 Å². The molecule has 2 heterocycles. The van der Waals surface area contributed by atoms with Gasteiger partial charge in [-0.2, -0.15) is 0 Å². The summed E-state index contributed by atoms with van der Waals surface area (Å²) >= 11 is 0. The number of fused-ring (bicyclic) bond motifs is 2. The van der Waals surface area contributed by atoms with E-state index in [9.17, 15) is 0 Å². The third kappa shape index (κ3) is 6.28. The number of rotatable bonds is 9. The van der Waals surface area contributed by atoms with Gasteiger partial charge >= 0.3 is 0 Å². The Kier molecular flexibility index (Phi) is 7.01. The summed E-state index contributed by atoms with van der Waals surface area (Å²) in [7, 11) is 0. The van der Waals surface area contributed by atoms with Crippen LogP contribution in [0.3, 0.4) is 0 Å². The molecule has 124 valence electrons. The fraction of sp³-hybridized carbons (Fsp3) is 1.00. The maximum absolute atomic E-state index is 3.77. The molecule has 0 aromatic carbocycles. The first kappa shape index (κ1) is 17.3. The topological polar surface area (TPSA) is 15.3 Å². The Bertz CT molecular complexity index is 263. The van der Waals surface area contributed by atoms with Gasteiger partial charge in [0, 0.05) is 12.1 Å². The van der Waals surface area contributed by atoms with Crippen LogP contribution in [-0.4, -0.2) is 36.6 Å². The van der Waals surface area contributed by atoms with Crippen molar-refractivity contribution in [2.45, 2.75) is 84.7 Å². The largest absolute Gasteiger partial charge is 0.311 e. The number of hydrogen-bond acceptors (Lipinski definition) is 2. The van der Waals surface area contributed by atoms with Gasteiger partial charge in [0.2, 0.25) is 0 Å². The van der Waals surface area contributed by atoms with Crippen LogP contribution in [-0.2, 0) is 0 Å². The molecule has 2 heteroatoms. The Morgan fingerprint density at radius 3 is 1.86 bits per heavy atom. The van der Waals surface area contributed by atoms with Gasteiger partial charge in [0.25, 0.3) is 0 Å². The van der Waals surface area contributed by atoms with Gasteiger partial charge in [-0.3, -0.25) is 0 Å². The van der Waals surface area contributed by atoms with Gasteiger partial charge in [-0.25, -0.2) is 0 Å². The van der Waals surface area contributed by atoms with E-state index in [0.29, 0.717) is 0 Å². The molecule has 21 heavy (non-hydrogen) atoms. The normalized spacial score (nSPS) is 29.0. The van der Waals surface area contributed by atoms with Gasteiger partial charge in [0.15, 0.2) is 0 Å². The fourth-order valence-corrected chi connectivity index (χ4v) is 3.99. The lowest BCUT2D eigenvalue weighted by molar-refractivity contribution is 0.203. The van der Waals surface area contributed by atoms with Crippen LogP contribution >= 0.6 is 0 Å². The molecule has 2 atom stereocenters. The van der Waals surface area contributed by atoms with Crippen LogP contribution in [0.15, 0.2) is 0 Å². The fourth-order valence-electron chi connectivity index (χ4n) is 3.99. The summed E-state index contributed by atoms with van der Waals surface area (Å²) in [5.74, 6) is 2.66. The zero-order valence-corrected chi connectivity index (χ0v) is 14.9. The second kappa shape index (κ2) is 8.53. The predicted octanol–water partition coefficient (Wildman–Crippen LogP) is 4.30. The standard InChI is InChI=1S/C19H38N2/c1-15(2)7-10-21(11-8-16(3)4)12-9-17-13-18-5-6-19(14-17)20-18/h15-20H,5-14H2,1-4H3. The average molecular weight is 295 g/mol. The lowest BCUT2D eigenvalue weighted by Crippen LogP contribution is -2.39. The summed E-state index contributed by atoms with van der Waals surface area (Å²) in [5, 5.41) is 3.77. The van der Waals surface area contributed by atoms with Gasteiger partial charge in [-0.05, 0) is 82.3 Å². The second-order valence-corrected chi connectivity index (χ2v) is 8.47. The number of nitrogens with one attached hydrogen (secondary N) is 1. The highest BCUT2D eigenvalue weighted by Crippen LogP contribution is 2.32. The first-order valence-corrected chi connectivity index (χ1v) is 9.51. The Morgan fingerprint density at radius 1 is 0.857 bits per heavy atom. The van der Waals surface area contributed by atoms with Crippen LogP contribution < -0.4 is 5.32 Å². The molecular weight excluding hydrogens is 256 g/mol. The monoisotopic (exact) mass is 294 g/mol. The smallest absolute Gasteiger partial charge is 0.00728 e. The minimum atomic E-state index is 0.835. The molecule has 0 radical (unpaired) electrons. The van der Waals surface area contributed by atoms with Gasteiger partial charge in [0.05, 0.1) is 0 Å². The van der Waals surface area contributed by atoms with Crippen LogP contribution in [0.5, 0.6) is 0 Å². The van der Waals surface area contributed by atoms with Crippen molar-refractivity contribution in [1.29, 1.82) is 0 Å². The van der Waals surface area contributed by atoms with Crippen LogP contribution in [0.4, 0.5) is 0 Å². The highest BCUT2D eigenvalue weighted by molar-refractivity contribution is 4.92. The molecular formula is C19H38N2. The number of piperidine rings is 1. The van der Waals surface area contributed by atoms with E-state index < -0.39 is 0 Å². The Hall–Kier alpha value is -0.0800. The molecule has 2 saturated heterocycles. The van der Waals surface area contributed by atoms with E-state index in [1.165, 1.54) is 64.6 Å². The quantitative estimate of drug-likeness (QED) is 0.682. The maximum Gasteiger partial charge on any atom is 0.00728 e. The van der Waals surface area contributed by atoms with Gasteiger partial charge in [-0.15, -0.1) is 0 Å². The van der Waals surface area contributed by atoms with E-state index in [1.54, 1.807) is 0 Å². The minimum absolute atomic E-state index is 0.835.